The Labute approximate surface area is 117 Å². The number of nitrogens with zero attached hydrogens (tertiary/aromatic N) is 1. The van der Waals surface area contributed by atoms with Gasteiger partial charge in [-0.2, -0.15) is 0 Å². The first-order valence-electron chi connectivity index (χ1n) is 6.88. The van der Waals surface area contributed by atoms with Crippen LogP contribution in [0.5, 0.6) is 0 Å². The van der Waals surface area contributed by atoms with E-state index < -0.39 is 4.92 Å². The Balaban J connectivity index is 1.71. The molecule has 1 aromatic carbocycles. The van der Waals surface area contributed by atoms with Gasteiger partial charge in [-0.25, -0.2) is 0 Å². The fourth-order valence-electron chi connectivity index (χ4n) is 2.37. The van der Waals surface area contributed by atoms with Gasteiger partial charge in [0.1, 0.15) is 0 Å². The lowest BCUT2D eigenvalue weighted by Crippen LogP contribution is -2.31. The second-order valence-corrected chi connectivity index (χ2v) is 5.03. The molecule has 0 unspecified atom stereocenters. The molecule has 1 amide bonds. The average molecular weight is 277 g/mol. The van der Waals surface area contributed by atoms with Gasteiger partial charge < -0.3 is 10.6 Å². The summed E-state index contributed by atoms with van der Waals surface area (Å²) in [5.41, 5.74) is 0.827. The zero-order chi connectivity index (χ0) is 14.4. The van der Waals surface area contributed by atoms with Crippen LogP contribution in [0.25, 0.3) is 0 Å². The summed E-state index contributed by atoms with van der Waals surface area (Å²) in [5.74, 6) is -0.0446. The predicted molar refractivity (Wildman–Crippen MR) is 75.5 cm³/mol. The number of carbonyl (C=O) groups is 1. The normalized spacial score (nSPS) is 17.9. The number of hydrogen-bond donors (Lipinski definition) is 2. The maximum atomic E-state index is 11.7. The van der Waals surface area contributed by atoms with Crippen molar-refractivity contribution in [3.63, 3.8) is 0 Å². The van der Waals surface area contributed by atoms with Crippen molar-refractivity contribution in [2.45, 2.75) is 31.7 Å². The molecule has 1 aliphatic rings. The van der Waals surface area contributed by atoms with Crippen molar-refractivity contribution in [3.05, 3.63) is 39.9 Å². The lowest BCUT2D eigenvalue weighted by atomic mass is 10.1. The molecule has 1 heterocycles. The number of rotatable bonds is 6. The Kier molecular flexibility index (Phi) is 5.06. The number of amides is 1. The first kappa shape index (κ1) is 14.5. The molecule has 1 aliphatic heterocycles. The molecule has 1 atom stereocenters. The van der Waals surface area contributed by atoms with Crippen LogP contribution >= 0.6 is 0 Å². The van der Waals surface area contributed by atoms with Crippen molar-refractivity contribution >= 4 is 11.6 Å². The third-order valence-electron chi connectivity index (χ3n) is 3.49. The van der Waals surface area contributed by atoms with Crippen LogP contribution in [0.15, 0.2) is 24.3 Å². The first-order valence-corrected chi connectivity index (χ1v) is 6.88. The summed E-state index contributed by atoms with van der Waals surface area (Å²) in [6, 6.07) is 6.61. The summed E-state index contributed by atoms with van der Waals surface area (Å²) in [4.78, 5) is 21.8. The maximum Gasteiger partial charge on any atom is 0.269 e. The number of nitro benzene ring substituents is 1. The predicted octanol–water partition coefficient (Wildman–Crippen LogP) is 1.40. The van der Waals surface area contributed by atoms with Gasteiger partial charge in [0.05, 0.1) is 11.3 Å². The van der Waals surface area contributed by atoms with Gasteiger partial charge in [0.15, 0.2) is 0 Å². The minimum absolute atomic E-state index is 0.0430. The van der Waals surface area contributed by atoms with Crippen molar-refractivity contribution in [1.82, 2.24) is 10.6 Å². The van der Waals surface area contributed by atoms with Gasteiger partial charge >= 0.3 is 0 Å². The molecule has 0 aliphatic carbocycles. The van der Waals surface area contributed by atoms with Gasteiger partial charge in [-0.15, -0.1) is 0 Å². The lowest BCUT2D eigenvalue weighted by Gasteiger charge is -2.10. The zero-order valence-electron chi connectivity index (χ0n) is 11.3. The van der Waals surface area contributed by atoms with E-state index in [1.807, 2.05) is 0 Å². The minimum atomic E-state index is -0.446. The number of benzene rings is 1. The average Bonchev–Trinajstić information content (AvgIpc) is 2.92. The number of nitrogens with one attached hydrogen (secondary N) is 2. The van der Waals surface area contributed by atoms with E-state index >= 15 is 0 Å². The second-order valence-electron chi connectivity index (χ2n) is 5.03. The summed E-state index contributed by atoms with van der Waals surface area (Å²) in [6.45, 7) is 1.74. The third-order valence-corrected chi connectivity index (χ3v) is 3.49. The molecule has 0 spiro atoms. The van der Waals surface area contributed by atoms with E-state index in [0.717, 1.165) is 18.5 Å². The Morgan fingerprint density at radius 1 is 1.40 bits per heavy atom. The molecule has 1 fully saturated rings. The highest BCUT2D eigenvalue weighted by molar-refractivity contribution is 5.78. The van der Waals surface area contributed by atoms with Gasteiger partial charge in [0, 0.05) is 24.7 Å². The molecule has 0 bridgehead atoms. The Bertz CT molecular complexity index is 467. The van der Waals surface area contributed by atoms with Crippen molar-refractivity contribution in [2.75, 3.05) is 13.1 Å². The van der Waals surface area contributed by atoms with Crippen LogP contribution in [0.3, 0.4) is 0 Å². The molecular formula is C14H19N3O3. The molecule has 20 heavy (non-hydrogen) atoms. The highest BCUT2D eigenvalue weighted by atomic mass is 16.6. The summed E-state index contributed by atoms with van der Waals surface area (Å²) < 4.78 is 0. The van der Waals surface area contributed by atoms with E-state index in [4.69, 9.17) is 0 Å². The highest BCUT2D eigenvalue weighted by Crippen LogP contribution is 2.12. The number of nitro groups is 1. The first-order chi connectivity index (χ1) is 9.65. The molecule has 0 saturated carbocycles. The van der Waals surface area contributed by atoms with Crippen LogP contribution < -0.4 is 10.6 Å². The Hall–Kier alpha value is -1.95. The molecule has 6 heteroatoms. The number of carbonyl (C=O) groups excluding carboxylic acids is 1. The lowest BCUT2D eigenvalue weighted by molar-refractivity contribution is -0.384. The monoisotopic (exact) mass is 277 g/mol. The summed E-state index contributed by atoms with van der Waals surface area (Å²) >= 11 is 0. The van der Waals surface area contributed by atoms with Crippen LogP contribution in [0.2, 0.25) is 0 Å². The summed E-state index contributed by atoms with van der Waals surface area (Å²) in [6.07, 6.45) is 3.60. The number of hydrogen-bond acceptors (Lipinski definition) is 4. The van der Waals surface area contributed by atoms with E-state index in [1.165, 1.54) is 25.0 Å². The molecule has 2 rings (SSSR count). The van der Waals surface area contributed by atoms with E-state index in [1.54, 1.807) is 12.1 Å². The summed E-state index contributed by atoms with van der Waals surface area (Å²) in [5, 5.41) is 16.8. The summed E-state index contributed by atoms with van der Waals surface area (Å²) in [7, 11) is 0. The van der Waals surface area contributed by atoms with Crippen molar-refractivity contribution in [1.29, 1.82) is 0 Å². The quantitative estimate of drug-likeness (QED) is 0.608. The van der Waals surface area contributed by atoms with E-state index in [9.17, 15) is 14.9 Å². The van der Waals surface area contributed by atoms with Gasteiger partial charge in [0.25, 0.3) is 5.69 Å². The van der Waals surface area contributed by atoms with E-state index in [-0.39, 0.29) is 18.0 Å². The highest BCUT2D eigenvalue weighted by Gasteiger charge is 2.13. The fourth-order valence-corrected chi connectivity index (χ4v) is 2.37. The van der Waals surface area contributed by atoms with Gasteiger partial charge in [0.2, 0.25) is 5.91 Å². The standard InChI is InChI=1S/C14H19N3O3/c18-14(16-9-7-12-2-1-8-15-12)10-11-3-5-13(6-4-11)17(19)20/h3-6,12,15H,1-2,7-10H2,(H,16,18)/t12-/m1/s1. The molecule has 108 valence electrons. The molecule has 1 aromatic rings. The topological polar surface area (TPSA) is 84.3 Å². The Morgan fingerprint density at radius 2 is 2.15 bits per heavy atom. The minimum Gasteiger partial charge on any atom is -0.356 e. The van der Waals surface area contributed by atoms with E-state index in [0.29, 0.717) is 12.6 Å². The molecule has 0 aromatic heterocycles. The Morgan fingerprint density at radius 3 is 2.75 bits per heavy atom. The largest absolute Gasteiger partial charge is 0.356 e. The fraction of sp³-hybridized carbons (Fsp3) is 0.500. The molecule has 1 saturated heterocycles. The van der Waals surface area contributed by atoms with Crippen LogP contribution in [0, 0.1) is 10.1 Å². The zero-order valence-corrected chi connectivity index (χ0v) is 11.3. The second kappa shape index (κ2) is 7.00. The van der Waals surface area contributed by atoms with Crippen LogP contribution in [0.1, 0.15) is 24.8 Å². The van der Waals surface area contributed by atoms with E-state index in [2.05, 4.69) is 10.6 Å². The van der Waals surface area contributed by atoms with Crippen LogP contribution in [0.4, 0.5) is 5.69 Å². The van der Waals surface area contributed by atoms with Crippen LogP contribution in [-0.4, -0.2) is 30.0 Å². The number of non-ortho nitro benzene ring substituents is 1. The smallest absolute Gasteiger partial charge is 0.269 e. The maximum absolute atomic E-state index is 11.7. The molecular weight excluding hydrogens is 258 g/mol. The van der Waals surface area contributed by atoms with Crippen LogP contribution in [-0.2, 0) is 11.2 Å². The van der Waals surface area contributed by atoms with Gasteiger partial charge in [-0.1, -0.05) is 12.1 Å². The van der Waals surface area contributed by atoms with Crippen molar-refractivity contribution in [2.24, 2.45) is 0 Å². The SMILES string of the molecule is O=C(Cc1ccc([N+](=O)[O-])cc1)NCC[C@H]1CCCN1. The van der Waals surface area contributed by atoms with Crippen molar-refractivity contribution in [3.8, 4) is 0 Å². The van der Waals surface area contributed by atoms with Gasteiger partial charge in [-0.05, 0) is 31.4 Å². The molecule has 2 N–H and O–H groups in total. The van der Waals surface area contributed by atoms with Crippen molar-refractivity contribution < 1.29 is 9.72 Å². The molecule has 0 radical (unpaired) electrons. The molecule has 6 nitrogen and oxygen atoms in total. The third kappa shape index (κ3) is 4.31. The van der Waals surface area contributed by atoms with Gasteiger partial charge in [-0.3, -0.25) is 14.9 Å².